The highest BCUT2D eigenvalue weighted by atomic mass is 32.2. The Kier molecular flexibility index (Phi) is 20.4. The molecule has 0 amide bonds. The highest BCUT2D eigenvalue weighted by Gasteiger charge is 2.19. The van der Waals surface area contributed by atoms with E-state index in [2.05, 4.69) is 0 Å². The number of hydrogen-bond donors (Lipinski definition) is 0. The maximum Gasteiger partial charge on any atom is 0.319 e. The molecule has 0 fully saturated rings. The lowest BCUT2D eigenvalue weighted by Gasteiger charge is -2.28. The van der Waals surface area contributed by atoms with Crippen molar-refractivity contribution < 1.29 is 42.9 Å². The number of esters is 3. The number of rotatable bonds is 21. The van der Waals surface area contributed by atoms with Gasteiger partial charge < -0.3 is 23.7 Å². The van der Waals surface area contributed by atoms with Gasteiger partial charge in [-0.1, -0.05) is 18.7 Å². The molecule has 0 rings (SSSR count). The Hall–Kier alpha value is -1.77. The molecule has 0 aliphatic rings. The Balaban J connectivity index is 4.91. The van der Waals surface area contributed by atoms with E-state index in [0.717, 1.165) is 11.8 Å². The number of carbonyl (C=O) groups is 4. The summed E-state index contributed by atoms with van der Waals surface area (Å²) in [7, 11) is 5.53. The normalized spacial score (nSPS) is 11.2. The van der Waals surface area contributed by atoms with Gasteiger partial charge in [0.2, 0.25) is 5.12 Å². The molecule has 0 heterocycles. The molecule has 0 aromatic rings. The first-order valence-electron chi connectivity index (χ1n) is 11.4. The Bertz CT molecular complexity index is 625. The van der Waals surface area contributed by atoms with Gasteiger partial charge in [0.25, 0.3) is 0 Å². The Morgan fingerprint density at radius 1 is 0.629 bits per heavy atom. The zero-order valence-corrected chi connectivity index (χ0v) is 22.4. The topological polar surface area (TPSA) is 124 Å². The molecule has 0 saturated heterocycles. The minimum atomic E-state index is -0.458. The van der Waals surface area contributed by atoms with Crippen molar-refractivity contribution in [3.8, 4) is 0 Å². The van der Waals surface area contributed by atoms with E-state index in [0.29, 0.717) is 58.3 Å². The molecule has 0 aliphatic carbocycles. The lowest BCUT2D eigenvalue weighted by atomic mass is 10.3. The standard InChI is InChI=1S/C22H41N3O9S/c1-6-23(15-19(26)31-3)7-8-24(16-20(27)32-4)9-10-25(17-21(28)33-5)18-22(29)35-14-13-34-12-11-30-2/h6-18H2,1-5H3. The van der Waals surface area contributed by atoms with Crippen LogP contribution in [0.4, 0.5) is 0 Å². The third-order valence-electron chi connectivity index (χ3n) is 4.93. The van der Waals surface area contributed by atoms with Crippen LogP contribution in [0.15, 0.2) is 0 Å². The summed E-state index contributed by atoms with van der Waals surface area (Å²) in [4.78, 5) is 53.2. The van der Waals surface area contributed by atoms with Gasteiger partial charge in [-0.3, -0.25) is 33.9 Å². The van der Waals surface area contributed by atoms with Crippen LogP contribution in [0.3, 0.4) is 0 Å². The molecule has 0 aromatic carbocycles. The van der Waals surface area contributed by atoms with Gasteiger partial charge in [0, 0.05) is 39.0 Å². The van der Waals surface area contributed by atoms with Gasteiger partial charge >= 0.3 is 17.9 Å². The molecule has 35 heavy (non-hydrogen) atoms. The molecule has 0 N–H and O–H groups in total. The first kappa shape index (κ1) is 33.2. The van der Waals surface area contributed by atoms with Crippen molar-refractivity contribution in [1.82, 2.24) is 14.7 Å². The van der Waals surface area contributed by atoms with Gasteiger partial charge in [-0.2, -0.15) is 0 Å². The smallest absolute Gasteiger partial charge is 0.319 e. The first-order chi connectivity index (χ1) is 16.8. The fraction of sp³-hybridized carbons (Fsp3) is 0.818. The number of nitrogens with zero attached hydrogens (tertiary/aromatic N) is 3. The van der Waals surface area contributed by atoms with Gasteiger partial charge in [-0.25, -0.2) is 0 Å². The maximum absolute atomic E-state index is 12.4. The van der Waals surface area contributed by atoms with Crippen LogP contribution < -0.4 is 0 Å². The molecular weight excluding hydrogens is 482 g/mol. The maximum atomic E-state index is 12.4. The van der Waals surface area contributed by atoms with Gasteiger partial charge in [-0.05, 0) is 6.54 Å². The number of ether oxygens (including phenoxy) is 5. The van der Waals surface area contributed by atoms with Crippen LogP contribution >= 0.6 is 11.8 Å². The largest absolute Gasteiger partial charge is 0.468 e. The Morgan fingerprint density at radius 3 is 1.63 bits per heavy atom. The lowest BCUT2D eigenvalue weighted by molar-refractivity contribution is -0.144. The van der Waals surface area contributed by atoms with E-state index in [1.54, 1.807) is 12.0 Å². The summed E-state index contributed by atoms with van der Waals surface area (Å²) < 4.78 is 24.5. The van der Waals surface area contributed by atoms with E-state index in [-0.39, 0.29) is 37.3 Å². The van der Waals surface area contributed by atoms with E-state index in [9.17, 15) is 19.2 Å². The van der Waals surface area contributed by atoms with Crippen LogP contribution in [0.2, 0.25) is 0 Å². The molecule has 0 radical (unpaired) electrons. The van der Waals surface area contributed by atoms with E-state index in [1.807, 2.05) is 16.7 Å². The molecular formula is C22H41N3O9S. The molecule has 0 bridgehead atoms. The highest BCUT2D eigenvalue weighted by molar-refractivity contribution is 8.13. The van der Waals surface area contributed by atoms with Crippen LogP contribution in [0, 0.1) is 0 Å². The minimum absolute atomic E-state index is 0.0415. The van der Waals surface area contributed by atoms with Crippen molar-refractivity contribution >= 4 is 34.8 Å². The monoisotopic (exact) mass is 523 g/mol. The van der Waals surface area contributed by atoms with Crippen LogP contribution in [0.1, 0.15) is 6.92 Å². The highest BCUT2D eigenvalue weighted by Crippen LogP contribution is 2.05. The van der Waals surface area contributed by atoms with E-state index >= 15 is 0 Å². The number of likely N-dealkylation sites (N-methyl/N-ethyl adjacent to an activating group) is 1. The third-order valence-corrected chi connectivity index (χ3v) is 5.75. The van der Waals surface area contributed by atoms with Crippen LogP contribution in [-0.4, -0.2) is 151 Å². The average molecular weight is 524 g/mol. The SMILES string of the molecule is CCN(CCN(CCN(CC(=O)OC)CC(=O)SCCOCCOC)CC(=O)OC)CC(=O)OC. The second-order valence-electron chi connectivity index (χ2n) is 7.41. The molecule has 0 saturated carbocycles. The third kappa shape index (κ3) is 18.2. The Morgan fingerprint density at radius 2 is 1.11 bits per heavy atom. The number of hydrogen-bond acceptors (Lipinski definition) is 13. The van der Waals surface area contributed by atoms with Crippen LogP contribution in [0.25, 0.3) is 0 Å². The van der Waals surface area contributed by atoms with E-state index in [1.165, 1.54) is 21.3 Å². The molecule has 204 valence electrons. The summed E-state index contributed by atoms with van der Waals surface area (Å²) in [5, 5.41) is -0.0981. The molecule has 12 nitrogen and oxygen atoms in total. The summed E-state index contributed by atoms with van der Waals surface area (Å²) in [5.41, 5.74) is 0. The van der Waals surface area contributed by atoms with E-state index in [4.69, 9.17) is 23.7 Å². The molecule has 0 spiro atoms. The van der Waals surface area contributed by atoms with Gasteiger partial charge in [0.1, 0.15) is 0 Å². The first-order valence-corrected chi connectivity index (χ1v) is 12.4. The van der Waals surface area contributed by atoms with Gasteiger partial charge in [0.05, 0.1) is 67.3 Å². The van der Waals surface area contributed by atoms with Crippen molar-refractivity contribution in [3.63, 3.8) is 0 Å². The lowest BCUT2D eigenvalue weighted by Crippen LogP contribution is -2.45. The average Bonchev–Trinajstić information content (AvgIpc) is 2.85. The quantitative estimate of drug-likeness (QED) is 0.108. The molecule has 13 heteroatoms. The fourth-order valence-corrected chi connectivity index (χ4v) is 3.53. The summed E-state index contributed by atoms with van der Waals surface area (Å²) in [6, 6.07) is 0. The summed E-state index contributed by atoms with van der Waals surface area (Å²) in [6.45, 7) is 5.88. The summed E-state index contributed by atoms with van der Waals surface area (Å²) in [5.74, 6) is -0.701. The van der Waals surface area contributed by atoms with Gasteiger partial charge in [0.15, 0.2) is 0 Å². The van der Waals surface area contributed by atoms with Crippen molar-refractivity contribution in [2.24, 2.45) is 0 Å². The minimum Gasteiger partial charge on any atom is -0.468 e. The predicted octanol–water partition coefficient (Wildman–Crippen LogP) is -0.646. The molecule has 0 aromatic heterocycles. The van der Waals surface area contributed by atoms with Crippen molar-refractivity contribution in [1.29, 1.82) is 0 Å². The number of carbonyl (C=O) groups excluding carboxylic acids is 4. The number of thioether (sulfide) groups is 1. The van der Waals surface area contributed by atoms with Gasteiger partial charge in [-0.15, -0.1) is 0 Å². The molecule has 0 atom stereocenters. The van der Waals surface area contributed by atoms with Crippen molar-refractivity contribution in [2.45, 2.75) is 6.92 Å². The summed E-state index contributed by atoms with van der Waals surface area (Å²) in [6.07, 6.45) is 0. The zero-order valence-electron chi connectivity index (χ0n) is 21.6. The fourth-order valence-electron chi connectivity index (χ4n) is 2.83. The van der Waals surface area contributed by atoms with E-state index < -0.39 is 11.9 Å². The summed E-state index contributed by atoms with van der Waals surface area (Å²) >= 11 is 1.13. The number of methoxy groups -OCH3 is 4. The zero-order chi connectivity index (χ0) is 26.5. The second kappa shape index (κ2) is 21.5. The van der Waals surface area contributed by atoms with Crippen molar-refractivity contribution in [3.05, 3.63) is 0 Å². The van der Waals surface area contributed by atoms with Crippen LogP contribution in [-0.2, 0) is 42.9 Å². The van der Waals surface area contributed by atoms with Crippen LogP contribution in [0.5, 0.6) is 0 Å². The van der Waals surface area contributed by atoms with Crippen molar-refractivity contribution in [2.75, 3.05) is 113 Å². The predicted molar refractivity (Wildman–Crippen MR) is 131 cm³/mol. The Labute approximate surface area is 212 Å². The second-order valence-corrected chi connectivity index (χ2v) is 8.56. The molecule has 0 aliphatic heterocycles. The molecule has 0 unspecified atom stereocenters.